The van der Waals surface area contributed by atoms with Crippen LogP contribution in [0.5, 0.6) is 5.75 Å². The lowest BCUT2D eigenvalue weighted by molar-refractivity contribution is -0.134. The monoisotopic (exact) mass is 383 g/mol. The Balaban J connectivity index is 1.58. The summed E-state index contributed by atoms with van der Waals surface area (Å²) >= 11 is 1.69. The van der Waals surface area contributed by atoms with Gasteiger partial charge in [-0.2, -0.15) is 5.10 Å². The Kier molecular flexibility index (Phi) is 5.55. The second kappa shape index (κ2) is 8.23. The maximum absolute atomic E-state index is 13.1. The molecular formula is C21H25N3O2S. The summed E-state index contributed by atoms with van der Waals surface area (Å²) in [6, 6.07) is 12.0. The Bertz CT molecular complexity index is 813. The number of amides is 1. The van der Waals surface area contributed by atoms with Gasteiger partial charge in [0, 0.05) is 16.9 Å². The highest BCUT2D eigenvalue weighted by Crippen LogP contribution is 2.35. The average Bonchev–Trinajstić information content (AvgIpc) is 3.38. The van der Waals surface area contributed by atoms with Crippen LogP contribution in [0.2, 0.25) is 0 Å². The molecule has 0 aliphatic carbocycles. The Morgan fingerprint density at radius 3 is 2.81 bits per heavy atom. The summed E-state index contributed by atoms with van der Waals surface area (Å²) in [5.74, 6) is 0.897. The first-order valence-corrected chi connectivity index (χ1v) is 10.4. The van der Waals surface area contributed by atoms with E-state index in [1.54, 1.807) is 23.5 Å². The van der Waals surface area contributed by atoms with E-state index in [-0.39, 0.29) is 11.9 Å². The van der Waals surface area contributed by atoms with Gasteiger partial charge in [0.25, 0.3) is 5.91 Å². The molecule has 6 heteroatoms. The van der Waals surface area contributed by atoms with Gasteiger partial charge in [0.05, 0.1) is 25.4 Å². The molecule has 0 radical (unpaired) electrons. The second-order valence-corrected chi connectivity index (χ2v) is 8.07. The number of ether oxygens (including phenoxy) is 1. The molecule has 2 aliphatic heterocycles. The van der Waals surface area contributed by atoms with E-state index in [0.717, 1.165) is 36.5 Å². The molecule has 1 atom stereocenters. The lowest BCUT2D eigenvalue weighted by Gasteiger charge is -2.28. The molecule has 142 valence electrons. The number of carbonyl (C=O) groups excluding carboxylic acids is 1. The molecule has 0 spiro atoms. The van der Waals surface area contributed by atoms with E-state index in [2.05, 4.69) is 16.3 Å². The number of hydrogen-bond acceptors (Lipinski definition) is 5. The number of carbonyl (C=O) groups is 1. The van der Waals surface area contributed by atoms with Crippen molar-refractivity contribution in [3.05, 3.63) is 52.2 Å². The molecule has 2 aliphatic rings. The van der Waals surface area contributed by atoms with Crippen LogP contribution in [0.15, 0.2) is 46.9 Å². The highest BCUT2D eigenvalue weighted by molar-refractivity contribution is 7.10. The smallest absolute Gasteiger partial charge is 0.257 e. The molecule has 3 heterocycles. The van der Waals surface area contributed by atoms with E-state index < -0.39 is 0 Å². The molecule has 4 rings (SSSR count). The Hall–Kier alpha value is -2.18. The minimum Gasteiger partial charge on any atom is -0.497 e. The van der Waals surface area contributed by atoms with Gasteiger partial charge in [0.2, 0.25) is 0 Å². The first-order valence-electron chi connectivity index (χ1n) is 9.54. The van der Waals surface area contributed by atoms with Crippen molar-refractivity contribution in [2.45, 2.75) is 31.7 Å². The number of hydrogen-bond donors (Lipinski definition) is 0. The van der Waals surface area contributed by atoms with Gasteiger partial charge in [-0.1, -0.05) is 24.6 Å². The van der Waals surface area contributed by atoms with Crippen molar-refractivity contribution >= 4 is 23.0 Å². The van der Waals surface area contributed by atoms with Gasteiger partial charge in [0.1, 0.15) is 5.75 Å². The molecule has 27 heavy (non-hydrogen) atoms. The van der Waals surface area contributed by atoms with Crippen molar-refractivity contribution in [2.24, 2.45) is 5.10 Å². The number of piperidine rings is 1. The van der Waals surface area contributed by atoms with Crippen molar-refractivity contribution < 1.29 is 9.53 Å². The minimum absolute atomic E-state index is 0.0107. The van der Waals surface area contributed by atoms with Crippen LogP contribution in [0, 0.1) is 0 Å². The number of likely N-dealkylation sites (tertiary alicyclic amines) is 1. The summed E-state index contributed by atoms with van der Waals surface area (Å²) in [4.78, 5) is 16.5. The predicted molar refractivity (Wildman–Crippen MR) is 108 cm³/mol. The molecule has 1 fully saturated rings. The molecule has 5 nitrogen and oxygen atoms in total. The van der Waals surface area contributed by atoms with E-state index in [4.69, 9.17) is 9.84 Å². The van der Waals surface area contributed by atoms with Crippen LogP contribution in [0.4, 0.5) is 0 Å². The summed E-state index contributed by atoms with van der Waals surface area (Å²) in [6.07, 6.45) is 4.36. The van der Waals surface area contributed by atoms with E-state index in [9.17, 15) is 4.79 Å². The molecule has 1 saturated heterocycles. The Morgan fingerprint density at radius 1 is 1.22 bits per heavy atom. The average molecular weight is 384 g/mol. The lowest BCUT2D eigenvalue weighted by atomic mass is 10.0. The molecule has 1 unspecified atom stereocenters. The second-order valence-electron chi connectivity index (χ2n) is 7.09. The van der Waals surface area contributed by atoms with E-state index in [1.165, 1.54) is 24.1 Å². The van der Waals surface area contributed by atoms with Gasteiger partial charge < -0.3 is 4.74 Å². The van der Waals surface area contributed by atoms with Crippen molar-refractivity contribution in [1.29, 1.82) is 0 Å². The molecule has 1 aromatic carbocycles. The number of benzene rings is 1. The van der Waals surface area contributed by atoms with Crippen LogP contribution in [-0.2, 0) is 4.79 Å². The summed E-state index contributed by atoms with van der Waals surface area (Å²) < 4.78 is 5.35. The zero-order valence-corrected chi connectivity index (χ0v) is 16.5. The fraction of sp³-hybridized carbons (Fsp3) is 0.429. The van der Waals surface area contributed by atoms with Crippen molar-refractivity contribution in [3.63, 3.8) is 0 Å². The Morgan fingerprint density at radius 2 is 2.07 bits per heavy atom. The molecule has 1 aromatic heterocycles. The third-order valence-electron chi connectivity index (χ3n) is 5.25. The summed E-state index contributed by atoms with van der Waals surface area (Å²) in [5.41, 5.74) is 1.96. The number of hydrazone groups is 1. The number of methoxy groups -OCH3 is 1. The maximum atomic E-state index is 13.1. The van der Waals surface area contributed by atoms with E-state index in [0.29, 0.717) is 6.54 Å². The standard InChI is InChI=1S/C21H25N3O2S/c1-26-17-8-5-7-16(13-17)18-14-19(20-9-6-12-27-20)24(22-18)21(25)15-23-10-3-2-4-11-23/h5-9,12-13,19H,2-4,10-11,14-15H2,1H3. The SMILES string of the molecule is COc1cccc(C2=NN(C(=O)CN3CCCCC3)C(c3cccs3)C2)c1. The quantitative estimate of drug-likeness (QED) is 0.786. The maximum Gasteiger partial charge on any atom is 0.257 e. The van der Waals surface area contributed by atoms with Crippen LogP contribution in [-0.4, -0.2) is 48.3 Å². The minimum atomic E-state index is -0.0107. The first-order chi connectivity index (χ1) is 13.2. The lowest BCUT2D eigenvalue weighted by Crippen LogP contribution is -2.40. The molecule has 1 amide bonds. The van der Waals surface area contributed by atoms with Crippen molar-refractivity contribution in [3.8, 4) is 5.75 Å². The first kappa shape index (κ1) is 18.2. The Labute approximate surface area is 164 Å². The third kappa shape index (κ3) is 4.06. The van der Waals surface area contributed by atoms with Crippen molar-refractivity contribution in [1.82, 2.24) is 9.91 Å². The van der Waals surface area contributed by atoms with Gasteiger partial charge in [-0.05, 0) is 49.5 Å². The van der Waals surface area contributed by atoms with Gasteiger partial charge in [-0.15, -0.1) is 11.3 Å². The molecule has 2 aromatic rings. The number of rotatable bonds is 5. The zero-order chi connectivity index (χ0) is 18.6. The van der Waals surface area contributed by atoms with Gasteiger partial charge >= 0.3 is 0 Å². The van der Waals surface area contributed by atoms with Crippen LogP contribution in [0.1, 0.15) is 42.2 Å². The van der Waals surface area contributed by atoms with Crippen LogP contribution in [0.3, 0.4) is 0 Å². The zero-order valence-electron chi connectivity index (χ0n) is 15.6. The summed E-state index contributed by atoms with van der Waals surface area (Å²) in [7, 11) is 1.67. The fourth-order valence-electron chi connectivity index (χ4n) is 3.80. The van der Waals surface area contributed by atoms with Gasteiger partial charge in [0.15, 0.2) is 0 Å². The topological polar surface area (TPSA) is 45.1 Å². The van der Waals surface area contributed by atoms with E-state index in [1.807, 2.05) is 30.3 Å². The van der Waals surface area contributed by atoms with E-state index >= 15 is 0 Å². The van der Waals surface area contributed by atoms with Gasteiger partial charge in [-0.25, -0.2) is 5.01 Å². The molecule has 0 N–H and O–H groups in total. The summed E-state index contributed by atoms with van der Waals surface area (Å²) in [5, 5.41) is 8.54. The van der Waals surface area contributed by atoms with Crippen LogP contribution >= 0.6 is 11.3 Å². The molecular weight excluding hydrogens is 358 g/mol. The molecule has 0 bridgehead atoms. The highest BCUT2D eigenvalue weighted by atomic mass is 32.1. The fourth-order valence-corrected chi connectivity index (χ4v) is 4.61. The predicted octanol–water partition coefficient (Wildman–Crippen LogP) is 3.92. The normalized spacial score (nSPS) is 20.6. The van der Waals surface area contributed by atoms with Crippen LogP contribution < -0.4 is 4.74 Å². The van der Waals surface area contributed by atoms with Crippen molar-refractivity contribution in [2.75, 3.05) is 26.7 Å². The highest BCUT2D eigenvalue weighted by Gasteiger charge is 2.34. The number of nitrogens with zero attached hydrogens (tertiary/aromatic N) is 3. The molecule has 0 saturated carbocycles. The third-order valence-corrected chi connectivity index (χ3v) is 6.22. The summed E-state index contributed by atoms with van der Waals surface area (Å²) in [6.45, 7) is 2.47. The van der Waals surface area contributed by atoms with Crippen LogP contribution in [0.25, 0.3) is 0 Å². The number of thiophene rings is 1. The van der Waals surface area contributed by atoms with Gasteiger partial charge in [-0.3, -0.25) is 9.69 Å². The largest absolute Gasteiger partial charge is 0.497 e.